The first-order chi connectivity index (χ1) is 14.5. The van der Waals surface area contributed by atoms with E-state index < -0.39 is 12.1 Å². The minimum atomic E-state index is -1.61. The molecule has 0 bridgehead atoms. The van der Waals surface area contributed by atoms with Crippen molar-refractivity contribution in [2.45, 2.75) is 24.9 Å². The van der Waals surface area contributed by atoms with Gasteiger partial charge < -0.3 is 10.6 Å². The molecule has 1 aliphatic rings. The summed E-state index contributed by atoms with van der Waals surface area (Å²) < 4.78 is 26.6. The Morgan fingerprint density at radius 2 is 2.27 bits per heavy atom. The molecule has 0 saturated carbocycles. The van der Waals surface area contributed by atoms with Crippen LogP contribution in [0.3, 0.4) is 0 Å². The van der Waals surface area contributed by atoms with Crippen LogP contribution in [0.4, 0.5) is 14.5 Å². The molecular formula is C22H22F2N4OS. The van der Waals surface area contributed by atoms with Crippen molar-refractivity contribution < 1.29 is 13.6 Å². The summed E-state index contributed by atoms with van der Waals surface area (Å²) in [4.78, 5) is 24.0. The van der Waals surface area contributed by atoms with Crippen molar-refractivity contribution in [3.63, 3.8) is 0 Å². The van der Waals surface area contributed by atoms with Crippen molar-refractivity contribution in [1.82, 2.24) is 9.88 Å². The van der Waals surface area contributed by atoms with Crippen LogP contribution < -0.4 is 5.73 Å². The lowest BCUT2D eigenvalue weighted by molar-refractivity contribution is 0.0803. The van der Waals surface area contributed by atoms with Crippen LogP contribution in [-0.4, -0.2) is 34.7 Å². The average molecular weight is 429 g/mol. The van der Waals surface area contributed by atoms with E-state index in [2.05, 4.69) is 23.1 Å². The number of halogens is 2. The Bertz CT molecular complexity index is 1060. The van der Waals surface area contributed by atoms with Gasteiger partial charge in [0.25, 0.3) is 5.91 Å². The van der Waals surface area contributed by atoms with Crippen molar-refractivity contribution in [2.24, 2.45) is 4.99 Å². The number of alkyl halides is 1. The van der Waals surface area contributed by atoms with Gasteiger partial charge in [-0.2, -0.15) is 0 Å². The standard InChI is InChI=1S/C22H22F2N4OS/c1-3-13-28(14(2)17(24)5-4-10-23)22(29)20-19(25)16-6-7-18(27-21(16)30-20)15-8-11-26-12-9-15/h3-4,6-8,10-12,15,17H,1-2,5,9,13,25H2/b10-4+. The number of hydrogen-bond acceptors (Lipinski definition) is 5. The molecule has 5 nitrogen and oxygen atoms in total. The minimum Gasteiger partial charge on any atom is -0.397 e. The summed E-state index contributed by atoms with van der Waals surface area (Å²) >= 11 is 1.15. The van der Waals surface area contributed by atoms with E-state index in [9.17, 15) is 13.6 Å². The molecule has 2 aromatic rings. The third-order valence-corrected chi connectivity index (χ3v) is 5.86. The molecule has 156 valence electrons. The van der Waals surface area contributed by atoms with Crippen molar-refractivity contribution in [3.8, 4) is 0 Å². The smallest absolute Gasteiger partial charge is 0.270 e. The first-order valence-electron chi connectivity index (χ1n) is 9.36. The zero-order chi connectivity index (χ0) is 21.7. The Labute approximate surface area is 177 Å². The van der Waals surface area contributed by atoms with Crippen molar-refractivity contribution in [1.29, 1.82) is 0 Å². The van der Waals surface area contributed by atoms with E-state index in [-0.39, 0.29) is 35.8 Å². The average Bonchev–Trinajstić information content (AvgIpc) is 3.11. The summed E-state index contributed by atoms with van der Waals surface area (Å²) in [6.07, 6.45) is 7.23. The number of pyridine rings is 1. The Hall–Kier alpha value is -3.13. The molecule has 1 aliphatic heterocycles. The highest BCUT2D eigenvalue weighted by Gasteiger charge is 2.27. The number of nitrogens with two attached hydrogens (primary N) is 1. The highest BCUT2D eigenvalue weighted by atomic mass is 32.1. The first kappa shape index (κ1) is 21.6. The number of carbonyl (C=O) groups is 1. The largest absolute Gasteiger partial charge is 0.397 e. The van der Waals surface area contributed by atoms with Gasteiger partial charge in [0.15, 0.2) is 0 Å². The molecule has 8 heteroatoms. The summed E-state index contributed by atoms with van der Waals surface area (Å²) in [5, 5.41) is 0.668. The molecule has 0 aliphatic carbocycles. The van der Waals surface area contributed by atoms with E-state index in [1.165, 1.54) is 11.0 Å². The number of amides is 1. The van der Waals surface area contributed by atoms with E-state index in [1.807, 2.05) is 24.4 Å². The van der Waals surface area contributed by atoms with Gasteiger partial charge in [-0.05, 0) is 18.6 Å². The number of rotatable bonds is 8. The van der Waals surface area contributed by atoms with Gasteiger partial charge in [0.05, 0.1) is 12.0 Å². The topological polar surface area (TPSA) is 71.6 Å². The molecule has 3 heterocycles. The molecule has 0 spiro atoms. The summed E-state index contributed by atoms with van der Waals surface area (Å²) in [5.41, 5.74) is 7.32. The number of nitrogen functional groups attached to an aromatic ring is 1. The second kappa shape index (κ2) is 9.58. The summed E-state index contributed by atoms with van der Waals surface area (Å²) in [5.74, 6) is -0.374. The lowest BCUT2D eigenvalue weighted by Crippen LogP contribution is -2.33. The normalized spacial score (nSPS) is 16.8. The van der Waals surface area contributed by atoms with Crippen LogP contribution >= 0.6 is 11.3 Å². The number of aromatic nitrogens is 1. The number of thiophene rings is 1. The number of hydrogen-bond donors (Lipinski definition) is 1. The molecule has 2 unspecified atom stereocenters. The molecule has 2 atom stereocenters. The highest BCUT2D eigenvalue weighted by molar-refractivity contribution is 7.21. The van der Waals surface area contributed by atoms with E-state index in [0.717, 1.165) is 29.5 Å². The van der Waals surface area contributed by atoms with Gasteiger partial charge in [-0.15, -0.1) is 17.9 Å². The molecule has 0 fully saturated rings. The molecule has 0 aromatic carbocycles. The molecular weight excluding hydrogens is 406 g/mol. The van der Waals surface area contributed by atoms with E-state index in [0.29, 0.717) is 15.9 Å². The maximum atomic E-state index is 14.4. The minimum absolute atomic E-state index is 0.0516. The van der Waals surface area contributed by atoms with Gasteiger partial charge in [0.2, 0.25) is 0 Å². The number of nitrogens with zero attached hydrogens (tertiary/aromatic N) is 3. The lowest BCUT2D eigenvalue weighted by atomic mass is 10.00. The molecule has 0 radical (unpaired) electrons. The molecule has 0 saturated heterocycles. The van der Waals surface area contributed by atoms with E-state index in [1.54, 1.807) is 6.20 Å². The Balaban J connectivity index is 1.92. The Kier molecular flexibility index (Phi) is 6.89. The molecule has 30 heavy (non-hydrogen) atoms. The lowest BCUT2D eigenvalue weighted by Gasteiger charge is -2.25. The van der Waals surface area contributed by atoms with Gasteiger partial charge in [0.1, 0.15) is 15.9 Å². The number of fused-ring (bicyclic) bond motifs is 1. The zero-order valence-corrected chi connectivity index (χ0v) is 17.1. The molecule has 2 N–H and O–H groups in total. The SMILES string of the molecule is C=CCN(C(=C)C(F)C/C=C/F)C(=O)c1sc2nc(C3C=CN=CC3)ccc2c1N. The quantitative estimate of drug-likeness (QED) is 0.580. The van der Waals surface area contributed by atoms with Gasteiger partial charge >= 0.3 is 0 Å². The second-order valence-corrected chi connectivity index (χ2v) is 7.71. The fourth-order valence-electron chi connectivity index (χ4n) is 3.12. The molecule has 1 amide bonds. The van der Waals surface area contributed by atoms with Crippen molar-refractivity contribution >= 4 is 39.4 Å². The van der Waals surface area contributed by atoms with Gasteiger partial charge in [-0.3, -0.25) is 9.79 Å². The van der Waals surface area contributed by atoms with Gasteiger partial charge in [0, 0.05) is 48.1 Å². The van der Waals surface area contributed by atoms with Crippen molar-refractivity contribution in [3.05, 3.63) is 72.3 Å². The van der Waals surface area contributed by atoms with Gasteiger partial charge in [-0.1, -0.05) is 24.8 Å². The van der Waals surface area contributed by atoms with E-state index >= 15 is 0 Å². The maximum absolute atomic E-state index is 14.4. The Morgan fingerprint density at radius 3 is 2.93 bits per heavy atom. The third-order valence-electron chi connectivity index (χ3n) is 4.76. The second-order valence-electron chi connectivity index (χ2n) is 6.71. The monoisotopic (exact) mass is 428 g/mol. The van der Waals surface area contributed by atoms with Gasteiger partial charge in [-0.25, -0.2) is 13.8 Å². The molecule has 3 rings (SSSR count). The predicted octanol–water partition coefficient (Wildman–Crippen LogP) is 5.30. The van der Waals surface area contributed by atoms with Crippen LogP contribution in [0.25, 0.3) is 10.2 Å². The number of anilines is 1. The van der Waals surface area contributed by atoms with Crippen LogP contribution in [0.15, 0.2) is 66.7 Å². The van der Waals surface area contributed by atoms with Crippen LogP contribution in [0, 0.1) is 0 Å². The fraction of sp³-hybridized carbons (Fsp3) is 0.227. The first-order valence-corrected chi connectivity index (χ1v) is 10.2. The summed E-state index contributed by atoms with van der Waals surface area (Å²) in [7, 11) is 0. The number of carbonyl (C=O) groups excluding carboxylic acids is 1. The Morgan fingerprint density at radius 1 is 1.47 bits per heavy atom. The van der Waals surface area contributed by atoms with Crippen LogP contribution in [0.2, 0.25) is 0 Å². The zero-order valence-electron chi connectivity index (χ0n) is 16.3. The summed E-state index contributed by atoms with van der Waals surface area (Å²) in [6.45, 7) is 7.36. The van der Waals surface area contributed by atoms with E-state index in [4.69, 9.17) is 5.73 Å². The number of aliphatic imine (C=N–C) groups is 1. The molecule has 2 aromatic heterocycles. The summed E-state index contributed by atoms with van der Waals surface area (Å²) in [6, 6.07) is 3.73. The van der Waals surface area contributed by atoms with Crippen LogP contribution in [-0.2, 0) is 0 Å². The fourth-order valence-corrected chi connectivity index (χ4v) is 4.17. The van der Waals surface area contributed by atoms with Crippen LogP contribution in [0.5, 0.6) is 0 Å². The maximum Gasteiger partial charge on any atom is 0.270 e. The van der Waals surface area contributed by atoms with Crippen LogP contribution in [0.1, 0.15) is 34.1 Å². The number of allylic oxidation sites excluding steroid dienone is 3. The highest BCUT2D eigenvalue weighted by Crippen LogP contribution is 2.36. The third kappa shape index (κ3) is 4.38. The predicted molar refractivity (Wildman–Crippen MR) is 119 cm³/mol. The van der Waals surface area contributed by atoms with Crippen molar-refractivity contribution in [2.75, 3.05) is 12.3 Å².